The number of hydrogen-bond donors (Lipinski definition) is 1. The van der Waals surface area contributed by atoms with Crippen LogP contribution in [0.1, 0.15) is 6.92 Å². The Balaban J connectivity index is 2.42. The second-order valence-electron chi connectivity index (χ2n) is 3.35. The minimum absolute atomic E-state index is 0.152. The molecular weight excluding hydrogens is 214 g/mol. The van der Waals surface area contributed by atoms with Crippen LogP contribution < -0.4 is 10.7 Å². The molecule has 1 amide bonds. The van der Waals surface area contributed by atoms with Crippen LogP contribution in [0.15, 0.2) is 29.4 Å². The molecule has 15 heavy (non-hydrogen) atoms. The summed E-state index contributed by atoms with van der Waals surface area (Å²) in [5.74, 6) is -0.207. The number of carbonyl (C=O) groups excluding carboxylic acids is 1. The molecule has 0 saturated heterocycles. The highest BCUT2D eigenvalue weighted by Crippen LogP contribution is 2.29. The molecule has 5 heteroatoms. The van der Waals surface area contributed by atoms with Crippen molar-refractivity contribution in [2.75, 3.05) is 5.01 Å². The van der Waals surface area contributed by atoms with Crippen molar-refractivity contribution in [3.63, 3.8) is 0 Å². The van der Waals surface area contributed by atoms with E-state index >= 15 is 0 Å². The van der Waals surface area contributed by atoms with E-state index in [9.17, 15) is 4.79 Å². The van der Waals surface area contributed by atoms with Crippen LogP contribution >= 0.6 is 11.6 Å². The van der Waals surface area contributed by atoms with Gasteiger partial charge in [-0.25, -0.2) is 0 Å². The molecule has 1 atom stereocenters. The molecule has 0 radical (unpaired) electrons. The van der Waals surface area contributed by atoms with Crippen LogP contribution in [0.25, 0.3) is 0 Å². The SMILES string of the molecule is CC1C(=O)N(c2ccccc2Cl)N=C1N. The second kappa shape index (κ2) is 3.55. The van der Waals surface area contributed by atoms with Crippen LogP contribution in [-0.2, 0) is 4.79 Å². The summed E-state index contributed by atoms with van der Waals surface area (Å²) in [6, 6.07) is 7.03. The first kappa shape index (κ1) is 9.98. The highest BCUT2D eigenvalue weighted by Gasteiger charge is 2.32. The van der Waals surface area contributed by atoms with Gasteiger partial charge >= 0.3 is 0 Å². The summed E-state index contributed by atoms with van der Waals surface area (Å²) in [5, 5.41) is 5.71. The predicted molar refractivity (Wildman–Crippen MR) is 59.7 cm³/mol. The lowest BCUT2D eigenvalue weighted by molar-refractivity contribution is -0.119. The monoisotopic (exact) mass is 223 g/mol. The number of amidine groups is 1. The molecule has 0 bridgehead atoms. The summed E-state index contributed by atoms with van der Waals surface area (Å²) in [6.45, 7) is 1.72. The Morgan fingerprint density at radius 2 is 2.13 bits per heavy atom. The lowest BCUT2D eigenvalue weighted by atomic mass is 10.1. The molecule has 0 aromatic heterocycles. The summed E-state index contributed by atoms with van der Waals surface area (Å²) in [5.41, 5.74) is 6.16. The molecule has 2 N–H and O–H groups in total. The highest BCUT2D eigenvalue weighted by molar-refractivity contribution is 6.34. The van der Waals surface area contributed by atoms with Gasteiger partial charge in [0.05, 0.1) is 16.6 Å². The summed E-state index contributed by atoms with van der Waals surface area (Å²) >= 11 is 5.96. The maximum absolute atomic E-state index is 11.7. The van der Waals surface area contributed by atoms with Gasteiger partial charge in [0.25, 0.3) is 5.91 Å². The molecule has 1 unspecified atom stereocenters. The third kappa shape index (κ3) is 1.57. The molecule has 78 valence electrons. The average molecular weight is 224 g/mol. The molecule has 0 spiro atoms. The number of amides is 1. The van der Waals surface area contributed by atoms with Crippen molar-refractivity contribution in [1.82, 2.24) is 0 Å². The van der Waals surface area contributed by atoms with E-state index in [0.717, 1.165) is 0 Å². The largest absolute Gasteiger partial charge is 0.385 e. The minimum Gasteiger partial charge on any atom is -0.385 e. The molecule has 0 saturated carbocycles. The number of hydrazone groups is 1. The van der Waals surface area contributed by atoms with E-state index in [1.165, 1.54) is 5.01 Å². The molecule has 1 aromatic rings. The van der Waals surface area contributed by atoms with Gasteiger partial charge in [-0.15, -0.1) is 0 Å². The Hall–Kier alpha value is -1.55. The van der Waals surface area contributed by atoms with Gasteiger partial charge in [0.15, 0.2) is 0 Å². The van der Waals surface area contributed by atoms with E-state index in [1.807, 2.05) is 0 Å². The summed E-state index contributed by atoms with van der Waals surface area (Å²) in [6.07, 6.45) is 0. The Labute approximate surface area is 92.3 Å². The van der Waals surface area contributed by atoms with Crippen LogP contribution in [0, 0.1) is 5.92 Å². The lowest BCUT2D eigenvalue weighted by Crippen LogP contribution is -2.27. The van der Waals surface area contributed by atoms with Crippen molar-refractivity contribution in [3.05, 3.63) is 29.3 Å². The second-order valence-corrected chi connectivity index (χ2v) is 3.76. The number of halogens is 1. The van der Waals surface area contributed by atoms with Crippen LogP contribution in [0.4, 0.5) is 5.69 Å². The van der Waals surface area contributed by atoms with Crippen molar-refractivity contribution in [1.29, 1.82) is 0 Å². The summed E-state index contributed by atoms with van der Waals surface area (Å²) in [4.78, 5) is 11.7. The quantitative estimate of drug-likeness (QED) is 0.786. The minimum atomic E-state index is -0.374. The average Bonchev–Trinajstić information content (AvgIpc) is 2.47. The first-order valence-corrected chi connectivity index (χ1v) is 4.91. The van der Waals surface area contributed by atoms with Crippen LogP contribution in [-0.4, -0.2) is 11.7 Å². The van der Waals surface area contributed by atoms with Crippen molar-refractivity contribution in [2.24, 2.45) is 16.8 Å². The number of nitrogens with zero attached hydrogens (tertiary/aromatic N) is 2. The molecule has 1 aliphatic heterocycles. The van der Waals surface area contributed by atoms with Crippen LogP contribution in [0.3, 0.4) is 0 Å². The molecule has 1 aromatic carbocycles. The Morgan fingerprint density at radius 1 is 1.47 bits per heavy atom. The zero-order valence-corrected chi connectivity index (χ0v) is 8.90. The van der Waals surface area contributed by atoms with Crippen molar-refractivity contribution in [2.45, 2.75) is 6.92 Å². The Bertz CT molecular complexity index is 444. The smallest absolute Gasteiger partial charge is 0.257 e. The molecule has 4 nitrogen and oxygen atoms in total. The van der Waals surface area contributed by atoms with Crippen molar-refractivity contribution in [3.8, 4) is 0 Å². The maximum atomic E-state index is 11.7. The number of carbonyl (C=O) groups is 1. The van der Waals surface area contributed by atoms with Gasteiger partial charge in [0.2, 0.25) is 0 Å². The van der Waals surface area contributed by atoms with Gasteiger partial charge in [-0.2, -0.15) is 10.1 Å². The fourth-order valence-electron chi connectivity index (χ4n) is 1.36. The first-order chi connectivity index (χ1) is 7.11. The standard InChI is InChI=1S/C10H10ClN3O/c1-6-9(12)13-14(10(6)15)8-5-3-2-4-7(8)11/h2-6H,1H3,(H2,12,13). The fourth-order valence-corrected chi connectivity index (χ4v) is 1.57. The van der Waals surface area contributed by atoms with E-state index in [4.69, 9.17) is 17.3 Å². The van der Waals surface area contributed by atoms with E-state index in [0.29, 0.717) is 16.5 Å². The molecule has 2 rings (SSSR count). The van der Waals surface area contributed by atoms with E-state index in [1.54, 1.807) is 31.2 Å². The van der Waals surface area contributed by atoms with Gasteiger partial charge in [-0.1, -0.05) is 23.7 Å². The normalized spacial score (nSPS) is 20.7. The molecular formula is C10H10ClN3O. The molecule has 1 aliphatic rings. The van der Waals surface area contributed by atoms with Gasteiger partial charge < -0.3 is 5.73 Å². The maximum Gasteiger partial charge on any atom is 0.257 e. The van der Waals surface area contributed by atoms with Gasteiger partial charge in [0.1, 0.15) is 5.84 Å². The van der Waals surface area contributed by atoms with Crippen LogP contribution in [0.5, 0.6) is 0 Å². The van der Waals surface area contributed by atoms with Gasteiger partial charge in [-0.05, 0) is 19.1 Å². The molecule has 0 aliphatic carbocycles. The Morgan fingerprint density at radius 3 is 2.67 bits per heavy atom. The first-order valence-electron chi connectivity index (χ1n) is 4.53. The number of hydrogen-bond acceptors (Lipinski definition) is 3. The number of benzene rings is 1. The van der Waals surface area contributed by atoms with Gasteiger partial charge in [-0.3, -0.25) is 4.79 Å². The number of anilines is 1. The van der Waals surface area contributed by atoms with E-state index in [-0.39, 0.29) is 11.8 Å². The zero-order valence-electron chi connectivity index (χ0n) is 8.14. The van der Waals surface area contributed by atoms with E-state index in [2.05, 4.69) is 5.10 Å². The fraction of sp³-hybridized carbons (Fsp3) is 0.200. The number of rotatable bonds is 1. The number of nitrogens with two attached hydrogens (primary N) is 1. The van der Waals surface area contributed by atoms with E-state index < -0.39 is 0 Å². The van der Waals surface area contributed by atoms with Crippen molar-refractivity contribution >= 4 is 29.0 Å². The molecule has 1 heterocycles. The lowest BCUT2D eigenvalue weighted by Gasteiger charge is -2.13. The molecule has 0 fully saturated rings. The highest BCUT2D eigenvalue weighted by atomic mass is 35.5. The Kier molecular flexibility index (Phi) is 2.36. The zero-order chi connectivity index (χ0) is 11.0. The third-order valence-corrected chi connectivity index (χ3v) is 2.64. The van der Waals surface area contributed by atoms with Gasteiger partial charge in [0, 0.05) is 0 Å². The summed E-state index contributed by atoms with van der Waals surface area (Å²) < 4.78 is 0. The van der Waals surface area contributed by atoms with Crippen LogP contribution in [0.2, 0.25) is 5.02 Å². The summed E-state index contributed by atoms with van der Waals surface area (Å²) in [7, 11) is 0. The number of para-hydroxylation sites is 1. The van der Waals surface area contributed by atoms with Crippen molar-refractivity contribution < 1.29 is 4.79 Å². The topological polar surface area (TPSA) is 58.7 Å². The predicted octanol–water partition coefficient (Wildman–Crippen LogP) is 1.59. The third-order valence-electron chi connectivity index (χ3n) is 2.32.